The molecule has 0 spiro atoms. The van der Waals surface area contributed by atoms with Gasteiger partial charge in [0, 0.05) is 6.54 Å². The number of aromatic nitrogens is 1. The number of nitrogens with zero attached hydrogens (tertiary/aromatic N) is 2. The summed E-state index contributed by atoms with van der Waals surface area (Å²) in [5.74, 6) is -0.254. The van der Waals surface area contributed by atoms with E-state index >= 15 is 0 Å². The molecule has 5 nitrogen and oxygen atoms in total. The molecule has 0 fully saturated rings. The van der Waals surface area contributed by atoms with E-state index in [0.29, 0.717) is 23.8 Å². The number of carbonyl (C=O) groups is 1. The van der Waals surface area contributed by atoms with Crippen molar-refractivity contribution in [1.82, 2.24) is 9.88 Å². The van der Waals surface area contributed by atoms with Gasteiger partial charge in [-0.05, 0) is 30.5 Å². The lowest BCUT2D eigenvalue weighted by atomic mass is 10.0. The Kier molecular flexibility index (Phi) is 5.50. The molecule has 2 rings (SSSR count). The highest BCUT2D eigenvalue weighted by atomic mass is 19.1. The molecule has 0 aliphatic rings. The van der Waals surface area contributed by atoms with Crippen LogP contribution in [-0.4, -0.2) is 27.0 Å². The van der Waals surface area contributed by atoms with Crippen LogP contribution in [0, 0.1) is 18.7 Å². The van der Waals surface area contributed by atoms with E-state index in [1.54, 1.807) is 30.2 Å². The Morgan fingerprint density at radius 3 is 2.65 bits per heavy atom. The third-order valence-corrected chi connectivity index (χ3v) is 3.56. The molecule has 23 heavy (non-hydrogen) atoms. The molecule has 6 heteroatoms. The quantitative estimate of drug-likeness (QED) is 0.848. The fraction of sp³-hybridized carbons (Fsp3) is 0.412. The number of hydrogen-bond donors (Lipinski definition) is 1. The monoisotopic (exact) mass is 320 g/mol. The van der Waals surface area contributed by atoms with Gasteiger partial charge in [0.15, 0.2) is 0 Å². The summed E-state index contributed by atoms with van der Waals surface area (Å²) in [7, 11) is 0. The molecule has 0 saturated carbocycles. The zero-order chi connectivity index (χ0) is 17.0. The maximum Gasteiger partial charge on any atom is 0.321 e. The Morgan fingerprint density at radius 1 is 1.39 bits per heavy atom. The van der Waals surface area contributed by atoms with Gasteiger partial charge >= 0.3 is 5.97 Å². The summed E-state index contributed by atoms with van der Waals surface area (Å²) in [6.45, 7) is 6.02. The van der Waals surface area contributed by atoms with Crippen molar-refractivity contribution in [2.75, 3.05) is 0 Å². The van der Waals surface area contributed by atoms with Gasteiger partial charge in [-0.3, -0.25) is 9.69 Å². The van der Waals surface area contributed by atoms with Crippen molar-refractivity contribution >= 4 is 5.97 Å². The normalized spacial score (nSPS) is 12.8. The van der Waals surface area contributed by atoms with Crippen molar-refractivity contribution in [2.24, 2.45) is 5.92 Å². The number of carboxylic acids is 1. The number of carboxylic acid groups (broad SMARTS) is 1. The molecule has 2 aromatic rings. The van der Waals surface area contributed by atoms with Gasteiger partial charge in [-0.2, -0.15) is 0 Å². The van der Waals surface area contributed by atoms with E-state index in [4.69, 9.17) is 4.42 Å². The summed E-state index contributed by atoms with van der Waals surface area (Å²) in [5.41, 5.74) is 0.708. The number of aryl methyl sites for hydroxylation is 1. The Balaban J connectivity index is 2.27. The first-order valence-electron chi connectivity index (χ1n) is 7.49. The second-order valence-electron chi connectivity index (χ2n) is 5.93. The summed E-state index contributed by atoms with van der Waals surface area (Å²) in [4.78, 5) is 17.6. The van der Waals surface area contributed by atoms with Crippen LogP contribution in [0.3, 0.4) is 0 Å². The predicted octanol–water partition coefficient (Wildman–Crippen LogP) is 3.23. The molecule has 0 saturated heterocycles. The highest BCUT2D eigenvalue weighted by Gasteiger charge is 2.30. The van der Waals surface area contributed by atoms with E-state index in [-0.39, 0.29) is 18.3 Å². The van der Waals surface area contributed by atoms with Gasteiger partial charge in [-0.25, -0.2) is 9.37 Å². The molecule has 0 radical (unpaired) electrons. The van der Waals surface area contributed by atoms with Crippen molar-refractivity contribution in [2.45, 2.75) is 39.9 Å². The van der Waals surface area contributed by atoms with Crippen LogP contribution in [-0.2, 0) is 17.9 Å². The Labute approximate surface area is 134 Å². The summed E-state index contributed by atoms with van der Waals surface area (Å²) < 4.78 is 18.9. The van der Waals surface area contributed by atoms with Crippen LogP contribution in [0.1, 0.15) is 31.1 Å². The minimum absolute atomic E-state index is 0.114. The molecule has 1 aromatic carbocycles. The van der Waals surface area contributed by atoms with E-state index < -0.39 is 12.0 Å². The molecule has 1 N–H and O–H groups in total. The lowest BCUT2D eigenvalue weighted by molar-refractivity contribution is -0.145. The van der Waals surface area contributed by atoms with Crippen molar-refractivity contribution in [3.63, 3.8) is 0 Å². The SMILES string of the molecule is Cc1cnc(CN(Cc2cccc(F)c2)C(C(=O)O)C(C)C)o1. The number of halogens is 1. The van der Waals surface area contributed by atoms with Gasteiger partial charge < -0.3 is 9.52 Å². The van der Waals surface area contributed by atoms with Crippen molar-refractivity contribution < 1.29 is 18.7 Å². The van der Waals surface area contributed by atoms with Crippen LogP contribution in [0.25, 0.3) is 0 Å². The lowest BCUT2D eigenvalue weighted by Gasteiger charge is -2.30. The minimum atomic E-state index is -0.917. The summed E-state index contributed by atoms with van der Waals surface area (Å²) in [6.07, 6.45) is 1.60. The van der Waals surface area contributed by atoms with E-state index in [1.807, 2.05) is 13.8 Å². The van der Waals surface area contributed by atoms with Gasteiger partial charge in [0.25, 0.3) is 0 Å². The van der Waals surface area contributed by atoms with Crippen molar-refractivity contribution in [1.29, 1.82) is 0 Å². The highest BCUT2D eigenvalue weighted by molar-refractivity contribution is 5.73. The highest BCUT2D eigenvalue weighted by Crippen LogP contribution is 2.19. The number of hydrogen-bond acceptors (Lipinski definition) is 4. The zero-order valence-electron chi connectivity index (χ0n) is 13.5. The molecular formula is C17H21FN2O3. The molecule has 0 aliphatic carbocycles. The standard InChI is InChI=1S/C17H21FN2O3/c1-11(2)16(17(21)22)20(10-15-19-8-12(3)23-15)9-13-5-4-6-14(18)7-13/h4-8,11,16H,9-10H2,1-3H3,(H,21,22). The van der Waals surface area contributed by atoms with Crippen LogP contribution in [0.4, 0.5) is 4.39 Å². The Morgan fingerprint density at radius 2 is 2.13 bits per heavy atom. The van der Waals surface area contributed by atoms with Gasteiger partial charge in [0.05, 0.1) is 12.7 Å². The first kappa shape index (κ1) is 17.1. The second kappa shape index (κ2) is 7.37. The molecule has 1 atom stereocenters. The van der Waals surface area contributed by atoms with Crippen molar-refractivity contribution in [3.05, 3.63) is 53.5 Å². The number of rotatable bonds is 7. The third kappa shape index (κ3) is 4.63. The summed E-state index contributed by atoms with van der Waals surface area (Å²) in [6, 6.07) is 5.44. The van der Waals surface area contributed by atoms with Gasteiger partial charge in [-0.1, -0.05) is 26.0 Å². The zero-order valence-corrected chi connectivity index (χ0v) is 13.5. The first-order chi connectivity index (χ1) is 10.9. The number of aliphatic carboxylic acids is 1. The van der Waals surface area contributed by atoms with E-state index in [1.165, 1.54) is 12.1 Å². The molecular weight excluding hydrogens is 299 g/mol. The number of benzene rings is 1. The number of oxazole rings is 1. The summed E-state index contributed by atoms with van der Waals surface area (Å²) in [5, 5.41) is 9.56. The van der Waals surface area contributed by atoms with E-state index in [9.17, 15) is 14.3 Å². The molecule has 1 heterocycles. The minimum Gasteiger partial charge on any atom is -0.480 e. The van der Waals surface area contributed by atoms with E-state index in [0.717, 1.165) is 0 Å². The summed E-state index contributed by atoms with van der Waals surface area (Å²) >= 11 is 0. The maximum absolute atomic E-state index is 13.4. The Hall–Kier alpha value is -2.21. The second-order valence-corrected chi connectivity index (χ2v) is 5.93. The smallest absolute Gasteiger partial charge is 0.321 e. The molecule has 124 valence electrons. The maximum atomic E-state index is 13.4. The van der Waals surface area contributed by atoms with E-state index in [2.05, 4.69) is 4.98 Å². The van der Waals surface area contributed by atoms with Crippen LogP contribution in [0.5, 0.6) is 0 Å². The predicted molar refractivity (Wildman–Crippen MR) is 83.1 cm³/mol. The first-order valence-corrected chi connectivity index (χ1v) is 7.49. The van der Waals surface area contributed by atoms with Gasteiger partial charge in [0.1, 0.15) is 17.6 Å². The molecule has 0 amide bonds. The topological polar surface area (TPSA) is 66.6 Å². The fourth-order valence-electron chi connectivity index (χ4n) is 2.63. The van der Waals surface area contributed by atoms with Crippen LogP contribution in [0.15, 0.2) is 34.9 Å². The third-order valence-electron chi connectivity index (χ3n) is 3.56. The average Bonchev–Trinajstić information content (AvgIpc) is 2.83. The van der Waals surface area contributed by atoms with Crippen molar-refractivity contribution in [3.8, 4) is 0 Å². The molecule has 0 bridgehead atoms. The largest absolute Gasteiger partial charge is 0.480 e. The van der Waals surface area contributed by atoms with Crippen LogP contribution >= 0.6 is 0 Å². The fourth-order valence-corrected chi connectivity index (χ4v) is 2.63. The van der Waals surface area contributed by atoms with Crippen LogP contribution in [0.2, 0.25) is 0 Å². The molecule has 1 unspecified atom stereocenters. The van der Waals surface area contributed by atoms with Gasteiger partial charge in [0.2, 0.25) is 5.89 Å². The molecule has 0 aliphatic heterocycles. The lowest BCUT2D eigenvalue weighted by Crippen LogP contribution is -2.44. The van der Waals surface area contributed by atoms with Gasteiger partial charge in [-0.15, -0.1) is 0 Å². The molecule has 1 aromatic heterocycles. The van der Waals surface area contributed by atoms with Crippen LogP contribution < -0.4 is 0 Å². The average molecular weight is 320 g/mol. The Bertz CT molecular complexity index is 669.